The molecular weight excluding hydrogens is 247 g/mol. The molecular formula is C14H9FN2O2. The molecule has 94 valence electrons. The summed E-state index contributed by atoms with van der Waals surface area (Å²) in [6.45, 7) is 0. The van der Waals surface area contributed by atoms with E-state index in [9.17, 15) is 9.18 Å². The molecule has 0 unspecified atom stereocenters. The highest BCUT2D eigenvalue weighted by Crippen LogP contribution is 2.22. The quantitative estimate of drug-likeness (QED) is 0.774. The third-order valence-electron chi connectivity index (χ3n) is 2.52. The molecule has 0 spiro atoms. The van der Waals surface area contributed by atoms with Crippen molar-refractivity contribution >= 4 is 5.97 Å². The molecule has 0 aliphatic rings. The largest absolute Gasteiger partial charge is 0.465 e. The van der Waals surface area contributed by atoms with Gasteiger partial charge in [0.05, 0.1) is 18.2 Å². The fourth-order valence-corrected chi connectivity index (χ4v) is 1.65. The van der Waals surface area contributed by atoms with Crippen molar-refractivity contribution in [2.75, 3.05) is 7.11 Å². The van der Waals surface area contributed by atoms with Gasteiger partial charge in [-0.1, -0.05) is 0 Å². The topological polar surface area (TPSA) is 63.0 Å². The summed E-state index contributed by atoms with van der Waals surface area (Å²) in [7, 11) is 1.23. The molecule has 19 heavy (non-hydrogen) atoms. The number of halogens is 1. The number of nitrogens with zero attached hydrogens (tertiary/aromatic N) is 2. The van der Waals surface area contributed by atoms with E-state index in [1.165, 1.54) is 31.6 Å². The van der Waals surface area contributed by atoms with Crippen molar-refractivity contribution in [3.8, 4) is 17.2 Å². The average molecular weight is 256 g/mol. The lowest BCUT2D eigenvalue weighted by molar-refractivity contribution is 0.0600. The first-order valence-corrected chi connectivity index (χ1v) is 5.38. The summed E-state index contributed by atoms with van der Waals surface area (Å²) in [5, 5.41) is 8.81. The Morgan fingerprint density at radius 1 is 1.26 bits per heavy atom. The summed E-state index contributed by atoms with van der Waals surface area (Å²) in [4.78, 5) is 15.3. The van der Waals surface area contributed by atoms with E-state index in [4.69, 9.17) is 5.26 Å². The number of carbonyl (C=O) groups excluding carboxylic acids is 1. The Bertz CT molecular complexity index is 677. The van der Waals surface area contributed by atoms with Gasteiger partial charge in [-0.3, -0.25) is 4.98 Å². The lowest BCUT2D eigenvalue weighted by Gasteiger charge is -2.05. The maximum Gasteiger partial charge on any atom is 0.337 e. The summed E-state index contributed by atoms with van der Waals surface area (Å²) in [5.74, 6) is -1.18. The minimum absolute atomic E-state index is 0.111. The van der Waals surface area contributed by atoms with Gasteiger partial charge in [-0.25, -0.2) is 9.18 Å². The molecule has 0 aliphatic carbocycles. The third kappa shape index (κ3) is 2.75. The van der Waals surface area contributed by atoms with Crippen LogP contribution < -0.4 is 0 Å². The van der Waals surface area contributed by atoms with Crippen LogP contribution in [0, 0.1) is 17.1 Å². The van der Waals surface area contributed by atoms with Crippen LogP contribution in [0.15, 0.2) is 36.7 Å². The molecule has 0 fully saturated rings. The summed E-state index contributed by atoms with van der Waals surface area (Å²) < 4.78 is 18.1. The molecule has 1 aromatic carbocycles. The average Bonchev–Trinajstić information content (AvgIpc) is 2.45. The van der Waals surface area contributed by atoms with E-state index in [2.05, 4.69) is 9.72 Å². The van der Waals surface area contributed by atoms with Gasteiger partial charge >= 0.3 is 5.97 Å². The van der Waals surface area contributed by atoms with Gasteiger partial charge in [0.1, 0.15) is 11.9 Å². The number of aromatic nitrogens is 1. The third-order valence-corrected chi connectivity index (χ3v) is 2.52. The van der Waals surface area contributed by atoms with Gasteiger partial charge in [0.25, 0.3) is 0 Å². The van der Waals surface area contributed by atoms with Gasteiger partial charge in [-0.05, 0) is 29.8 Å². The van der Waals surface area contributed by atoms with Crippen molar-refractivity contribution in [3.63, 3.8) is 0 Å². The maximum absolute atomic E-state index is 13.5. The molecule has 4 nitrogen and oxygen atoms in total. The first-order chi connectivity index (χ1) is 9.13. The number of ether oxygens (including phenoxy) is 1. The van der Waals surface area contributed by atoms with Gasteiger partial charge in [0.15, 0.2) is 0 Å². The van der Waals surface area contributed by atoms with Crippen molar-refractivity contribution in [3.05, 3.63) is 53.6 Å². The van der Waals surface area contributed by atoms with Gasteiger partial charge in [0, 0.05) is 18.0 Å². The zero-order chi connectivity index (χ0) is 13.8. The Morgan fingerprint density at radius 3 is 2.74 bits per heavy atom. The zero-order valence-corrected chi connectivity index (χ0v) is 10.1. The van der Waals surface area contributed by atoms with E-state index >= 15 is 0 Å². The molecule has 2 aromatic rings. The Labute approximate surface area is 109 Å². The molecule has 0 aliphatic heterocycles. The number of esters is 1. The lowest BCUT2D eigenvalue weighted by Crippen LogP contribution is -2.02. The molecule has 0 saturated carbocycles. The maximum atomic E-state index is 13.5. The SMILES string of the molecule is COC(=O)c1cc(F)cc(-c2cncc(C#N)c2)c1. The van der Waals surface area contributed by atoms with Crippen LogP contribution in [0.3, 0.4) is 0 Å². The van der Waals surface area contributed by atoms with E-state index in [1.54, 1.807) is 6.07 Å². The fraction of sp³-hybridized carbons (Fsp3) is 0.0714. The summed E-state index contributed by atoms with van der Waals surface area (Å²) in [6, 6.07) is 7.38. The van der Waals surface area contributed by atoms with E-state index in [1.807, 2.05) is 6.07 Å². The number of nitriles is 1. The Balaban J connectivity index is 2.53. The predicted octanol–water partition coefficient (Wildman–Crippen LogP) is 2.55. The number of rotatable bonds is 2. The molecule has 0 radical (unpaired) electrons. The highest BCUT2D eigenvalue weighted by atomic mass is 19.1. The number of hydrogen-bond donors (Lipinski definition) is 0. The zero-order valence-electron chi connectivity index (χ0n) is 10.1. The van der Waals surface area contributed by atoms with E-state index in [-0.39, 0.29) is 5.56 Å². The standard InChI is InChI=1S/C14H9FN2O2/c1-19-14(18)11-3-10(4-13(15)5-11)12-2-9(6-16)7-17-8-12/h2-5,7-8H,1H3. The second kappa shape index (κ2) is 5.27. The highest BCUT2D eigenvalue weighted by Gasteiger charge is 2.10. The van der Waals surface area contributed by atoms with Crippen molar-refractivity contribution in [2.45, 2.75) is 0 Å². The summed E-state index contributed by atoms with van der Waals surface area (Å²) in [5.41, 5.74) is 1.50. The Morgan fingerprint density at radius 2 is 2.05 bits per heavy atom. The minimum atomic E-state index is -0.620. The lowest BCUT2D eigenvalue weighted by atomic mass is 10.0. The van der Waals surface area contributed by atoms with Crippen molar-refractivity contribution in [2.24, 2.45) is 0 Å². The van der Waals surface area contributed by atoms with Gasteiger partial charge in [0.2, 0.25) is 0 Å². The number of carbonyl (C=O) groups is 1. The second-order valence-electron chi connectivity index (χ2n) is 3.79. The Hall–Kier alpha value is -2.74. The fourth-order valence-electron chi connectivity index (χ4n) is 1.65. The second-order valence-corrected chi connectivity index (χ2v) is 3.79. The summed E-state index contributed by atoms with van der Waals surface area (Å²) in [6.07, 6.45) is 2.90. The first-order valence-electron chi connectivity index (χ1n) is 5.38. The molecule has 0 amide bonds. The monoisotopic (exact) mass is 256 g/mol. The number of pyridine rings is 1. The van der Waals surface area contributed by atoms with E-state index in [0.717, 1.165) is 6.07 Å². The van der Waals surface area contributed by atoms with Crippen LogP contribution in [0.25, 0.3) is 11.1 Å². The number of benzene rings is 1. The molecule has 5 heteroatoms. The van der Waals surface area contributed by atoms with E-state index < -0.39 is 11.8 Å². The van der Waals surface area contributed by atoms with Crippen molar-refractivity contribution in [1.29, 1.82) is 5.26 Å². The first kappa shape index (κ1) is 12.7. The van der Waals surface area contributed by atoms with Gasteiger partial charge in [-0.15, -0.1) is 0 Å². The molecule has 0 saturated heterocycles. The molecule has 1 heterocycles. The van der Waals surface area contributed by atoms with Crippen LogP contribution in [0.1, 0.15) is 15.9 Å². The molecule has 0 N–H and O–H groups in total. The van der Waals surface area contributed by atoms with E-state index in [0.29, 0.717) is 16.7 Å². The van der Waals surface area contributed by atoms with Gasteiger partial charge < -0.3 is 4.74 Å². The number of hydrogen-bond acceptors (Lipinski definition) is 4. The Kier molecular flexibility index (Phi) is 3.53. The van der Waals surface area contributed by atoms with Crippen LogP contribution >= 0.6 is 0 Å². The smallest absolute Gasteiger partial charge is 0.337 e. The van der Waals surface area contributed by atoms with Crippen molar-refractivity contribution in [1.82, 2.24) is 4.98 Å². The van der Waals surface area contributed by atoms with Crippen molar-refractivity contribution < 1.29 is 13.9 Å². The summed E-state index contributed by atoms with van der Waals surface area (Å²) >= 11 is 0. The minimum Gasteiger partial charge on any atom is -0.465 e. The molecule has 0 atom stereocenters. The van der Waals surface area contributed by atoms with Crippen LogP contribution in [0.4, 0.5) is 4.39 Å². The molecule has 0 bridgehead atoms. The molecule has 1 aromatic heterocycles. The van der Waals surface area contributed by atoms with Crippen LogP contribution in [-0.2, 0) is 4.74 Å². The van der Waals surface area contributed by atoms with Crippen LogP contribution in [0.5, 0.6) is 0 Å². The van der Waals surface area contributed by atoms with Crippen LogP contribution in [0.2, 0.25) is 0 Å². The number of methoxy groups -OCH3 is 1. The highest BCUT2D eigenvalue weighted by molar-refractivity contribution is 5.91. The van der Waals surface area contributed by atoms with Crippen LogP contribution in [-0.4, -0.2) is 18.1 Å². The van der Waals surface area contributed by atoms with Gasteiger partial charge in [-0.2, -0.15) is 5.26 Å². The predicted molar refractivity (Wildman–Crippen MR) is 65.7 cm³/mol. The molecule has 2 rings (SSSR count). The normalized spacial score (nSPS) is 9.74.